The lowest BCUT2D eigenvalue weighted by atomic mass is 9.97. The quantitative estimate of drug-likeness (QED) is 0.611. The van der Waals surface area contributed by atoms with Crippen molar-refractivity contribution in [3.63, 3.8) is 0 Å². The van der Waals surface area contributed by atoms with Crippen LogP contribution in [-0.2, 0) is 20.6 Å². The Bertz CT molecular complexity index is 787. The van der Waals surface area contributed by atoms with Crippen LogP contribution in [0.4, 0.5) is 0 Å². The maximum atomic E-state index is 12.7. The molecule has 0 radical (unpaired) electrons. The van der Waals surface area contributed by atoms with E-state index in [9.17, 15) is 13.2 Å². The van der Waals surface area contributed by atoms with Crippen LogP contribution in [0.3, 0.4) is 0 Å². The number of hydrogen-bond acceptors (Lipinski definition) is 4. The maximum Gasteiger partial charge on any atom is 0.223 e. The van der Waals surface area contributed by atoms with Crippen molar-refractivity contribution in [2.24, 2.45) is 5.92 Å². The van der Waals surface area contributed by atoms with Crippen molar-refractivity contribution in [1.29, 1.82) is 0 Å². The highest BCUT2D eigenvalue weighted by atomic mass is 35.5. The monoisotopic (exact) mass is 455 g/mol. The number of halogens is 1. The van der Waals surface area contributed by atoms with Gasteiger partial charge in [-0.1, -0.05) is 36.6 Å². The van der Waals surface area contributed by atoms with E-state index < -0.39 is 10.0 Å². The van der Waals surface area contributed by atoms with Gasteiger partial charge >= 0.3 is 0 Å². The summed E-state index contributed by atoms with van der Waals surface area (Å²) in [5.41, 5.74) is 0.687. The number of likely N-dealkylation sites (tertiary alicyclic amines) is 1. The molecule has 0 atom stereocenters. The Morgan fingerprint density at radius 3 is 2.43 bits per heavy atom. The lowest BCUT2D eigenvalue weighted by molar-refractivity contribution is -0.126. The highest BCUT2D eigenvalue weighted by Crippen LogP contribution is 2.22. The van der Waals surface area contributed by atoms with Gasteiger partial charge in [-0.05, 0) is 69.4 Å². The van der Waals surface area contributed by atoms with Gasteiger partial charge in [0.1, 0.15) is 0 Å². The Morgan fingerprint density at radius 2 is 1.77 bits per heavy atom. The Balaban J connectivity index is 1.37. The molecule has 2 saturated heterocycles. The molecular weight excluding hydrogens is 422 g/mol. The zero-order chi connectivity index (χ0) is 21.4. The highest BCUT2D eigenvalue weighted by Gasteiger charge is 2.31. The molecule has 168 valence electrons. The molecule has 1 N–H and O–H groups in total. The summed E-state index contributed by atoms with van der Waals surface area (Å²) in [6, 6.07) is 6.95. The van der Waals surface area contributed by atoms with Crippen LogP contribution in [-0.4, -0.2) is 62.8 Å². The Hall–Kier alpha value is -1.15. The van der Waals surface area contributed by atoms with E-state index in [0.717, 1.165) is 13.0 Å². The standard InChI is InChI=1S/C22H34ClN3O3S/c23-21-8-5-7-19(17-21)18-30(28,29)26-15-9-20(10-16-26)22(27)24-11-6-14-25-12-3-1-2-4-13-25/h5,7-8,17,20H,1-4,6,9-16,18H2,(H,24,27). The topological polar surface area (TPSA) is 69.7 Å². The molecule has 2 heterocycles. The van der Waals surface area contributed by atoms with Crippen LogP contribution in [0.2, 0.25) is 5.02 Å². The van der Waals surface area contributed by atoms with Crippen molar-refractivity contribution in [1.82, 2.24) is 14.5 Å². The minimum absolute atomic E-state index is 0.0546. The summed E-state index contributed by atoms with van der Waals surface area (Å²) in [5.74, 6) is -0.0837. The summed E-state index contributed by atoms with van der Waals surface area (Å²) >= 11 is 5.96. The van der Waals surface area contributed by atoms with Crippen molar-refractivity contribution in [3.8, 4) is 0 Å². The van der Waals surface area contributed by atoms with Crippen LogP contribution in [0, 0.1) is 5.92 Å². The van der Waals surface area contributed by atoms with E-state index in [-0.39, 0.29) is 17.6 Å². The van der Waals surface area contributed by atoms with Gasteiger partial charge in [-0.3, -0.25) is 4.79 Å². The molecular formula is C22H34ClN3O3S. The van der Waals surface area contributed by atoms with Crippen molar-refractivity contribution < 1.29 is 13.2 Å². The Kier molecular flexibility index (Phi) is 8.98. The van der Waals surface area contributed by atoms with Crippen LogP contribution in [0.15, 0.2) is 24.3 Å². The van der Waals surface area contributed by atoms with Gasteiger partial charge in [0.05, 0.1) is 5.75 Å². The molecule has 6 nitrogen and oxygen atoms in total. The third-order valence-corrected chi connectivity index (χ3v) is 8.19. The average Bonchev–Trinajstić information content (AvgIpc) is 3.00. The summed E-state index contributed by atoms with van der Waals surface area (Å²) < 4.78 is 26.9. The predicted molar refractivity (Wildman–Crippen MR) is 121 cm³/mol. The van der Waals surface area contributed by atoms with E-state index in [0.29, 0.717) is 43.1 Å². The van der Waals surface area contributed by atoms with Gasteiger partial charge in [0, 0.05) is 30.6 Å². The molecule has 0 unspecified atom stereocenters. The molecule has 0 spiro atoms. The first-order valence-corrected chi connectivity index (χ1v) is 13.1. The van der Waals surface area contributed by atoms with E-state index in [4.69, 9.17) is 11.6 Å². The highest BCUT2D eigenvalue weighted by molar-refractivity contribution is 7.88. The van der Waals surface area contributed by atoms with E-state index in [2.05, 4.69) is 10.2 Å². The van der Waals surface area contributed by atoms with Gasteiger partial charge < -0.3 is 10.2 Å². The summed E-state index contributed by atoms with van der Waals surface area (Å²) in [6.07, 6.45) is 7.36. The summed E-state index contributed by atoms with van der Waals surface area (Å²) in [4.78, 5) is 15.0. The van der Waals surface area contributed by atoms with Crippen molar-refractivity contribution in [2.45, 2.75) is 50.7 Å². The van der Waals surface area contributed by atoms with E-state index in [1.807, 2.05) is 0 Å². The lowest BCUT2D eigenvalue weighted by Crippen LogP contribution is -2.43. The lowest BCUT2D eigenvalue weighted by Gasteiger charge is -2.30. The number of carbonyl (C=O) groups excluding carboxylic acids is 1. The van der Waals surface area contributed by atoms with E-state index in [1.54, 1.807) is 24.3 Å². The number of piperidine rings is 1. The van der Waals surface area contributed by atoms with Crippen LogP contribution >= 0.6 is 11.6 Å². The summed E-state index contributed by atoms with van der Waals surface area (Å²) in [7, 11) is -3.40. The van der Waals surface area contributed by atoms with Crippen LogP contribution in [0.5, 0.6) is 0 Å². The second-order valence-electron chi connectivity index (χ2n) is 8.46. The van der Waals surface area contributed by atoms with Gasteiger partial charge in [0.15, 0.2) is 0 Å². The normalized spacial score (nSPS) is 20.0. The van der Waals surface area contributed by atoms with Gasteiger partial charge in [-0.15, -0.1) is 0 Å². The molecule has 30 heavy (non-hydrogen) atoms. The zero-order valence-electron chi connectivity index (χ0n) is 17.7. The molecule has 1 aromatic rings. The number of nitrogens with one attached hydrogen (secondary N) is 1. The first-order valence-electron chi connectivity index (χ1n) is 11.2. The number of amides is 1. The molecule has 2 fully saturated rings. The fraction of sp³-hybridized carbons (Fsp3) is 0.682. The third-order valence-electron chi connectivity index (χ3n) is 6.11. The average molecular weight is 456 g/mol. The summed E-state index contributed by atoms with van der Waals surface area (Å²) in [6.45, 7) is 4.89. The Labute approximate surface area is 186 Å². The van der Waals surface area contributed by atoms with Crippen molar-refractivity contribution in [2.75, 3.05) is 39.3 Å². The van der Waals surface area contributed by atoms with Crippen LogP contribution in [0.1, 0.15) is 50.5 Å². The van der Waals surface area contributed by atoms with Crippen molar-refractivity contribution in [3.05, 3.63) is 34.9 Å². The molecule has 0 aromatic heterocycles. The van der Waals surface area contributed by atoms with Gasteiger partial charge in [0.2, 0.25) is 15.9 Å². The second kappa shape index (κ2) is 11.5. The van der Waals surface area contributed by atoms with Gasteiger partial charge in [-0.2, -0.15) is 0 Å². The first-order chi connectivity index (χ1) is 14.4. The minimum Gasteiger partial charge on any atom is -0.356 e. The number of hydrogen-bond donors (Lipinski definition) is 1. The molecule has 0 bridgehead atoms. The molecule has 0 aliphatic carbocycles. The van der Waals surface area contributed by atoms with Crippen molar-refractivity contribution >= 4 is 27.5 Å². The van der Waals surface area contributed by atoms with Gasteiger partial charge in [-0.25, -0.2) is 12.7 Å². The second-order valence-corrected chi connectivity index (χ2v) is 10.9. The summed E-state index contributed by atoms with van der Waals surface area (Å²) in [5, 5.41) is 3.60. The number of rotatable bonds is 8. The molecule has 2 aliphatic heterocycles. The van der Waals surface area contributed by atoms with E-state index >= 15 is 0 Å². The fourth-order valence-corrected chi connectivity index (χ4v) is 6.11. The molecule has 1 aromatic carbocycles. The third kappa shape index (κ3) is 7.22. The number of sulfonamides is 1. The van der Waals surface area contributed by atoms with E-state index in [1.165, 1.54) is 43.1 Å². The zero-order valence-corrected chi connectivity index (χ0v) is 19.3. The molecule has 0 saturated carbocycles. The fourth-order valence-electron chi connectivity index (χ4n) is 4.34. The number of nitrogens with zero attached hydrogens (tertiary/aromatic N) is 2. The predicted octanol–water partition coefficient (Wildman–Crippen LogP) is 3.26. The number of benzene rings is 1. The molecule has 1 amide bonds. The SMILES string of the molecule is O=C(NCCCN1CCCCCC1)C1CCN(S(=O)(=O)Cc2cccc(Cl)c2)CC1. The largest absolute Gasteiger partial charge is 0.356 e. The minimum atomic E-state index is -3.40. The van der Waals surface area contributed by atoms with Crippen LogP contribution in [0.25, 0.3) is 0 Å². The molecule has 2 aliphatic rings. The Morgan fingerprint density at radius 1 is 1.07 bits per heavy atom. The molecule has 8 heteroatoms. The van der Waals surface area contributed by atoms with Crippen LogP contribution < -0.4 is 5.32 Å². The number of carbonyl (C=O) groups is 1. The van der Waals surface area contributed by atoms with Gasteiger partial charge in [0.25, 0.3) is 0 Å². The first kappa shape index (κ1) is 23.5. The molecule has 3 rings (SSSR count). The smallest absolute Gasteiger partial charge is 0.223 e. The maximum absolute atomic E-state index is 12.7.